The summed E-state index contributed by atoms with van der Waals surface area (Å²) in [4.78, 5) is 40.8. The van der Waals surface area contributed by atoms with Crippen molar-refractivity contribution in [2.45, 2.75) is 387 Å². The molecule has 1 aliphatic carbocycles. The van der Waals surface area contributed by atoms with E-state index >= 15 is 0 Å². The number of alkyl carbamates (subject to hydrolysis) is 1. The zero-order valence-corrected chi connectivity index (χ0v) is 67.7. The first-order valence-electron chi connectivity index (χ1n) is 39.2. The lowest BCUT2D eigenvalue weighted by atomic mass is 9.74. The molecule has 4 unspecified atom stereocenters. The maximum absolute atomic E-state index is 14.8. The minimum atomic E-state index is -2.44. The lowest BCUT2D eigenvalue weighted by Gasteiger charge is -2.53. The Balaban J connectivity index is 0.784. The lowest BCUT2D eigenvalue weighted by Crippen LogP contribution is -2.63. The number of ether oxygens (including phenoxy) is 11. The Morgan fingerprint density at radius 3 is 1.95 bits per heavy atom. The highest BCUT2D eigenvalue weighted by atomic mass is 28.4. The smallest absolute Gasteiger partial charge is 0.407 e. The van der Waals surface area contributed by atoms with Crippen LogP contribution in [0.1, 0.15) is 198 Å². The molecule has 11 heterocycles. The van der Waals surface area contributed by atoms with Crippen molar-refractivity contribution in [1.82, 2.24) is 5.32 Å². The van der Waals surface area contributed by atoms with Crippen LogP contribution in [0.5, 0.6) is 0 Å². The van der Waals surface area contributed by atoms with Gasteiger partial charge in [-0.25, -0.2) is 4.79 Å². The van der Waals surface area contributed by atoms with Crippen molar-refractivity contribution < 1.29 is 84.9 Å². The molecule has 572 valence electrons. The van der Waals surface area contributed by atoms with Crippen molar-refractivity contribution in [3.63, 3.8) is 0 Å². The number of carbonyl (C=O) groups is 3. The molecule has 12 bridgehead atoms. The summed E-state index contributed by atoms with van der Waals surface area (Å²) in [6, 6.07) is 0. The Bertz CT molecular complexity index is 2920. The Morgan fingerprint density at radius 1 is 0.644 bits per heavy atom. The minimum Gasteiger partial charge on any atom is -0.459 e. The fourth-order valence-corrected chi connectivity index (χ4v) is 21.8. The predicted octanol–water partition coefficient (Wildman–Crippen LogP) is 14.6. The summed E-state index contributed by atoms with van der Waals surface area (Å²) in [7, 11) is -6.93. The molecule has 1 saturated carbocycles. The molecule has 2 N–H and O–H groups in total. The second kappa shape index (κ2) is 31.6. The van der Waals surface area contributed by atoms with E-state index in [1.54, 1.807) is 6.08 Å². The maximum atomic E-state index is 14.8. The highest BCUT2D eigenvalue weighted by Gasteiger charge is 2.69. The first kappa shape index (κ1) is 79.5. The van der Waals surface area contributed by atoms with E-state index < -0.39 is 97.9 Å². The third kappa shape index (κ3) is 18.1. The number of hydrogen-bond donors (Lipinski definition) is 2. The molecule has 11 saturated heterocycles. The number of allylic oxidation sites excluding steroid dienone is 1. The Kier molecular flexibility index (Phi) is 24.9. The molecular weight excluding hydrogens is 1340 g/mol. The standard InChI is InChI=1S/C79H131NO18Si3/c1-21-34-85-75(84)80-44-52-37-51(60(96-99(15,16)76(6,7)8)41-61(52)97-100(17,18)77(9,10)11)27-26-50(45-81)24-22-23-25-53(82)38-62-63(98-101(19,20)78(12,13)14)42-65-68(91-62)49(5)69-64(89-65)40-59-48(4)46(2)35-54(87-59)28-30-57-47(3)36-56(86-57)32-33-79-43-66-71(94-79)72-73(92-66)74(95-79)70-58(90-72)31-29-55(88-70)39-67(83)93-69/h21,23,25,45-46,49-66,68-74,82H,1,3-4,22,24,26-44H2,2,5-20H3,(H,80,84)/b25-23+/t46-,49+,50?,51-,52-,53?,54+,55-,56+,57+,58+,59-,60+,61-,62-,63?,64+,65+,66-,68+,69-,70+,71+,72+,73?,74+,79+/m1/s1. The normalized spacial score (nSPS) is 40.8. The van der Waals surface area contributed by atoms with Gasteiger partial charge in [-0.1, -0.05) is 114 Å². The Morgan fingerprint density at radius 2 is 1.27 bits per heavy atom. The zero-order chi connectivity index (χ0) is 73.1. The number of rotatable bonds is 20. The van der Waals surface area contributed by atoms with E-state index in [9.17, 15) is 19.5 Å². The SMILES string of the molecule is C=CCOC(=O)NC[C@H]1C[C@@H](CCC(C=O)CC/C=C/C(O)C[C@H]2O[C@H]3[C@H](C)[C@H]4OC(=O)C[C@H]5CC[C@@H]6O[C@@H]7C8O[C@@H]9C[C@@](CC[C@H]%10CC(=C)[C@H](CC[C@H]%11C[C@@H](C)C(=C)[C@@H](C[C@@H]4O[C@H]3CC2O[Si](C)(C)C(C)(C)C)O%11)O%10)(O[C@H]79)O[C@H]8[C@H]6O5)[C@@H](O[Si](C)(C)C(C)(C)C)C[C@H]1O[Si](C)(C)C(C)(C)C. The summed E-state index contributed by atoms with van der Waals surface area (Å²) < 4.78 is 97.2. The van der Waals surface area contributed by atoms with Gasteiger partial charge in [-0.15, -0.1) is 0 Å². The van der Waals surface area contributed by atoms with E-state index in [1.807, 2.05) is 12.2 Å². The molecule has 0 aromatic heterocycles. The number of carbonyl (C=O) groups excluding carboxylic acids is 3. The van der Waals surface area contributed by atoms with E-state index in [-0.39, 0.29) is 137 Å². The monoisotopic (exact) mass is 1470 g/mol. The van der Waals surface area contributed by atoms with Gasteiger partial charge in [0, 0.05) is 56.4 Å². The maximum Gasteiger partial charge on any atom is 0.407 e. The quantitative estimate of drug-likeness (QED) is 0.0502. The van der Waals surface area contributed by atoms with Gasteiger partial charge >= 0.3 is 12.1 Å². The third-order valence-corrected chi connectivity index (χ3v) is 40.3. The predicted molar refractivity (Wildman–Crippen MR) is 395 cm³/mol. The number of aliphatic hydroxyl groups excluding tert-OH is 1. The summed E-state index contributed by atoms with van der Waals surface area (Å²) in [6.07, 6.45) is 10.9. The third-order valence-electron chi connectivity index (χ3n) is 26.7. The summed E-state index contributed by atoms with van der Waals surface area (Å²) in [5, 5.41) is 15.0. The molecule has 27 atom stereocenters. The number of esters is 1. The average Bonchev–Trinajstić information content (AvgIpc) is 1.56. The van der Waals surface area contributed by atoms with Crippen molar-refractivity contribution in [1.29, 1.82) is 0 Å². The number of amides is 1. The minimum absolute atomic E-state index is 0.00320. The fraction of sp³-hybridized carbons (Fsp3) is 0.861. The molecule has 12 rings (SSSR count). The lowest BCUT2D eigenvalue weighted by molar-refractivity contribution is -0.293. The van der Waals surface area contributed by atoms with Crippen LogP contribution in [0.4, 0.5) is 4.79 Å². The highest BCUT2D eigenvalue weighted by molar-refractivity contribution is 6.75. The molecule has 12 fully saturated rings. The molecule has 1 amide bonds. The van der Waals surface area contributed by atoms with Gasteiger partial charge in [0.2, 0.25) is 0 Å². The first-order chi connectivity index (χ1) is 47.3. The fourth-order valence-electron chi connectivity index (χ4n) is 17.6. The van der Waals surface area contributed by atoms with E-state index in [1.165, 1.54) is 0 Å². The zero-order valence-electron chi connectivity index (χ0n) is 64.7. The van der Waals surface area contributed by atoms with Crippen LogP contribution in [0.25, 0.3) is 0 Å². The highest BCUT2D eigenvalue weighted by Crippen LogP contribution is 2.56. The van der Waals surface area contributed by atoms with Crippen LogP contribution in [-0.4, -0.2) is 196 Å². The number of hydrogen-bond acceptors (Lipinski definition) is 18. The number of nitrogens with one attached hydrogen (secondary N) is 1. The molecular formula is C79H131NO18Si3. The molecule has 0 aromatic carbocycles. The van der Waals surface area contributed by atoms with Crippen molar-refractivity contribution >= 4 is 43.3 Å². The van der Waals surface area contributed by atoms with Crippen LogP contribution < -0.4 is 5.32 Å². The summed E-state index contributed by atoms with van der Waals surface area (Å²) in [5.74, 6) is -1.43. The van der Waals surface area contributed by atoms with Crippen LogP contribution in [-0.2, 0) is 75.0 Å². The van der Waals surface area contributed by atoms with Gasteiger partial charge in [0.1, 0.15) is 49.5 Å². The van der Waals surface area contributed by atoms with Gasteiger partial charge < -0.3 is 80.6 Å². The number of fused-ring (bicyclic) bond motifs is 7. The van der Waals surface area contributed by atoms with Crippen LogP contribution >= 0.6 is 0 Å². The number of aliphatic hydroxyl groups is 1. The van der Waals surface area contributed by atoms with Crippen LogP contribution in [0.15, 0.2) is 49.1 Å². The Labute approximate surface area is 608 Å². The van der Waals surface area contributed by atoms with E-state index in [0.717, 1.165) is 62.4 Å². The first-order valence-corrected chi connectivity index (χ1v) is 47.9. The topological polar surface area (TPSA) is 213 Å². The van der Waals surface area contributed by atoms with Crippen molar-refractivity contribution in [3.8, 4) is 0 Å². The van der Waals surface area contributed by atoms with Crippen LogP contribution in [0, 0.1) is 29.6 Å². The summed E-state index contributed by atoms with van der Waals surface area (Å²) in [5.41, 5.74) is 2.13. The molecule has 22 heteroatoms. The van der Waals surface area contributed by atoms with Gasteiger partial charge in [0.25, 0.3) is 0 Å². The van der Waals surface area contributed by atoms with E-state index in [4.69, 9.17) is 65.4 Å². The summed E-state index contributed by atoms with van der Waals surface area (Å²) >= 11 is 0. The number of aldehydes is 1. The van der Waals surface area contributed by atoms with Gasteiger partial charge in [-0.2, -0.15) is 0 Å². The van der Waals surface area contributed by atoms with Crippen LogP contribution in [0.2, 0.25) is 54.4 Å². The molecule has 0 aromatic rings. The van der Waals surface area contributed by atoms with Crippen molar-refractivity contribution in [2.24, 2.45) is 29.6 Å². The molecule has 1 spiro atoms. The van der Waals surface area contributed by atoms with Gasteiger partial charge in [-0.05, 0) is 161 Å². The van der Waals surface area contributed by atoms with Crippen molar-refractivity contribution in [2.75, 3.05) is 13.2 Å². The van der Waals surface area contributed by atoms with Gasteiger partial charge in [0.15, 0.2) is 30.7 Å². The molecule has 19 nitrogen and oxygen atoms in total. The average molecular weight is 1470 g/mol. The van der Waals surface area contributed by atoms with E-state index in [2.05, 4.69) is 140 Å². The van der Waals surface area contributed by atoms with Crippen molar-refractivity contribution in [3.05, 3.63) is 49.1 Å². The van der Waals surface area contributed by atoms with Gasteiger partial charge in [0.05, 0.1) is 98.0 Å². The van der Waals surface area contributed by atoms with Crippen LogP contribution in [0.3, 0.4) is 0 Å². The van der Waals surface area contributed by atoms with E-state index in [0.29, 0.717) is 70.8 Å². The second-order valence-electron chi connectivity index (χ2n) is 37.2. The summed E-state index contributed by atoms with van der Waals surface area (Å²) in [6.45, 7) is 51.7. The molecule has 101 heavy (non-hydrogen) atoms. The molecule has 0 radical (unpaired) electrons. The largest absolute Gasteiger partial charge is 0.459 e. The Hall–Kier alpha value is -2.50. The molecule has 11 aliphatic heterocycles. The molecule has 12 aliphatic rings. The second-order valence-corrected chi connectivity index (χ2v) is 51.4. The van der Waals surface area contributed by atoms with Gasteiger partial charge in [-0.3, -0.25) is 4.79 Å².